The number of carbonyl (C=O) groups excluding carboxylic acids is 2. The van der Waals surface area contributed by atoms with Gasteiger partial charge in [0.15, 0.2) is 0 Å². The van der Waals surface area contributed by atoms with Crippen molar-refractivity contribution in [2.45, 2.75) is 39.5 Å². The lowest BCUT2D eigenvalue weighted by Gasteiger charge is -2.20. The first-order valence-corrected chi connectivity index (χ1v) is 9.34. The van der Waals surface area contributed by atoms with E-state index < -0.39 is 22.5 Å². The van der Waals surface area contributed by atoms with Gasteiger partial charge in [0, 0.05) is 23.0 Å². The number of aromatic nitrogens is 1. The Morgan fingerprint density at radius 3 is 2.40 bits per heavy atom. The number of hydrogen-bond acceptors (Lipinski definition) is 6. The number of nitro benzene ring substituents is 1. The Morgan fingerprint density at radius 1 is 1.07 bits per heavy atom. The van der Waals surface area contributed by atoms with Gasteiger partial charge in [0.1, 0.15) is 24.4 Å². The lowest BCUT2D eigenvalue weighted by molar-refractivity contribution is -0.384. The molecule has 0 N–H and O–H groups in total. The third kappa shape index (κ3) is 5.02. The average Bonchev–Trinajstić information content (AvgIpc) is 3.03. The van der Waals surface area contributed by atoms with E-state index in [2.05, 4.69) is 0 Å². The number of rotatable bonds is 6. The molecular formula is C22H22N2O6. The first-order valence-electron chi connectivity index (χ1n) is 9.34. The van der Waals surface area contributed by atoms with E-state index in [9.17, 15) is 19.7 Å². The zero-order valence-electron chi connectivity index (χ0n) is 17.0. The maximum atomic E-state index is 12.8. The van der Waals surface area contributed by atoms with Crippen LogP contribution in [0.3, 0.4) is 0 Å². The zero-order chi connectivity index (χ0) is 21.9. The minimum atomic E-state index is -0.688. The molecule has 0 amide bonds. The summed E-state index contributed by atoms with van der Waals surface area (Å²) in [7, 11) is 0. The Kier molecular flexibility index (Phi) is 5.86. The summed E-state index contributed by atoms with van der Waals surface area (Å²) in [6, 6.07) is 14.9. The van der Waals surface area contributed by atoms with Gasteiger partial charge in [-0.15, -0.1) is 0 Å². The van der Waals surface area contributed by atoms with Gasteiger partial charge in [0.05, 0.1) is 4.92 Å². The van der Waals surface area contributed by atoms with Gasteiger partial charge in [-0.1, -0.05) is 30.3 Å². The molecule has 1 aromatic heterocycles. The Bertz CT molecular complexity index is 1100. The minimum absolute atomic E-state index is 0.0633. The monoisotopic (exact) mass is 410 g/mol. The average molecular weight is 410 g/mol. The molecule has 0 aliphatic heterocycles. The summed E-state index contributed by atoms with van der Waals surface area (Å²) in [5.74, 6) is -1.17. The number of non-ortho nitro benzene ring substituents is 1. The van der Waals surface area contributed by atoms with Crippen molar-refractivity contribution in [2.75, 3.05) is 0 Å². The summed E-state index contributed by atoms with van der Waals surface area (Å²) in [4.78, 5) is 35.7. The number of benzene rings is 2. The molecule has 0 spiro atoms. The molecule has 2 aromatic carbocycles. The fraction of sp³-hybridized carbons (Fsp3) is 0.273. The predicted octanol–water partition coefficient (Wildman–Crippen LogP) is 4.25. The molecule has 8 nitrogen and oxygen atoms in total. The lowest BCUT2D eigenvalue weighted by Crippen LogP contribution is -2.27. The maximum absolute atomic E-state index is 12.8. The first-order chi connectivity index (χ1) is 14.1. The second-order valence-electron chi connectivity index (χ2n) is 7.76. The quantitative estimate of drug-likeness (QED) is 0.342. The van der Waals surface area contributed by atoms with Crippen LogP contribution >= 0.6 is 0 Å². The molecule has 1 heterocycles. The van der Waals surface area contributed by atoms with Crippen LogP contribution in [0.2, 0.25) is 0 Å². The number of hydrogen-bond donors (Lipinski definition) is 0. The Labute approximate surface area is 173 Å². The molecule has 8 heteroatoms. The van der Waals surface area contributed by atoms with Crippen LogP contribution in [0.1, 0.15) is 36.8 Å². The molecule has 0 aliphatic rings. The summed E-state index contributed by atoms with van der Waals surface area (Å²) < 4.78 is 12.2. The Balaban J connectivity index is 1.94. The van der Waals surface area contributed by atoms with Gasteiger partial charge in [-0.05, 0) is 38.5 Å². The van der Waals surface area contributed by atoms with Crippen molar-refractivity contribution >= 4 is 28.5 Å². The molecule has 0 aliphatic carbocycles. The predicted molar refractivity (Wildman–Crippen MR) is 110 cm³/mol. The topological polar surface area (TPSA) is 101 Å². The Morgan fingerprint density at radius 2 is 1.77 bits per heavy atom. The first kappa shape index (κ1) is 21.0. The summed E-state index contributed by atoms with van der Waals surface area (Å²) in [5.41, 5.74) is 0.634. The molecule has 0 saturated heterocycles. The SMILES string of the molecule is CC(C)(C)OC(=O)Cn1c(C(=O)OCc2ccccc2)cc2cc([N+](=O)[O-])ccc21. The van der Waals surface area contributed by atoms with Crippen molar-refractivity contribution in [1.29, 1.82) is 0 Å². The third-order valence-corrected chi connectivity index (χ3v) is 4.22. The highest BCUT2D eigenvalue weighted by Gasteiger charge is 2.23. The second-order valence-corrected chi connectivity index (χ2v) is 7.76. The largest absolute Gasteiger partial charge is 0.459 e. The summed E-state index contributed by atoms with van der Waals surface area (Å²) in [6.45, 7) is 5.08. The highest BCUT2D eigenvalue weighted by molar-refractivity contribution is 5.97. The molecule has 0 bridgehead atoms. The standard InChI is InChI=1S/C22H22N2O6/c1-22(2,3)30-20(25)13-23-18-10-9-17(24(27)28)11-16(18)12-19(23)21(26)29-14-15-7-5-4-6-8-15/h4-12H,13-14H2,1-3H3. The van der Waals surface area contributed by atoms with Crippen LogP contribution < -0.4 is 0 Å². The van der Waals surface area contributed by atoms with E-state index in [4.69, 9.17) is 9.47 Å². The van der Waals surface area contributed by atoms with Crippen molar-refractivity contribution in [3.05, 3.63) is 76.0 Å². The molecule has 156 valence electrons. The van der Waals surface area contributed by atoms with E-state index >= 15 is 0 Å². The van der Waals surface area contributed by atoms with E-state index in [1.54, 1.807) is 20.8 Å². The zero-order valence-corrected chi connectivity index (χ0v) is 17.0. The van der Waals surface area contributed by atoms with Gasteiger partial charge in [-0.2, -0.15) is 0 Å². The fourth-order valence-corrected chi connectivity index (χ4v) is 3.01. The molecule has 3 aromatic rings. The van der Waals surface area contributed by atoms with E-state index in [0.29, 0.717) is 10.9 Å². The number of nitrogens with zero attached hydrogens (tertiary/aromatic N) is 2. The molecule has 0 fully saturated rings. The van der Waals surface area contributed by atoms with Crippen molar-refractivity contribution in [2.24, 2.45) is 0 Å². The highest BCUT2D eigenvalue weighted by atomic mass is 16.6. The van der Waals surface area contributed by atoms with E-state index in [-0.39, 0.29) is 24.5 Å². The number of fused-ring (bicyclic) bond motifs is 1. The van der Waals surface area contributed by atoms with Crippen molar-refractivity contribution in [3.63, 3.8) is 0 Å². The Hall–Kier alpha value is -3.68. The molecule has 3 rings (SSSR count). The van der Waals surface area contributed by atoms with Crippen LogP contribution in [-0.4, -0.2) is 27.0 Å². The van der Waals surface area contributed by atoms with Crippen LogP contribution in [0, 0.1) is 10.1 Å². The molecule has 0 saturated carbocycles. The summed E-state index contributed by atoms with van der Waals surface area (Å²) in [6.07, 6.45) is 0. The van der Waals surface area contributed by atoms with Crippen molar-refractivity contribution < 1.29 is 24.0 Å². The molecule has 0 unspecified atom stereocenters. The van der Waals surface area contributed by atoms with Gasteiger partial charge in [0.25, 0.3) is 5.69 Å². The normalized spacial score (nSPS) is 11.3. The lowest BCUT2D eigenvalue weighted by atomic mass is 10.2. The van der Waals surface area contributed by atoms with E-state index in [0.717, 1.165) is 5.56 Å². The number of nitro groups is 1. The van der Waals surface area contributed by atoms with Gasteiger partial charge in [-0.25, -0.2) is 4.79 Å². The van der Waals surface area contributed by atoms with Crippen LogP contribution in [0.5, 0.6) is 0 Å². The number of ether oxygens (including phenoxy) is 2. The van der Waals surface area contributed by atoms with Gasteiger partial charge < -0.3 is 14.0 Å². The number of carbonyl (C=O) groups is 2. The molecule has 0 radical (unpaired) electrons. The highest BCUT2D eigenvalue weighted by Crippen LogP contribution is 2.26. The summed E-state index contributed by atoms with van der Waals surface area (Å²) in [5, 5.41) is 11.6. The minimum Gasteiger partial charge on any atom is -0.459 e. The third-order valence-electron chi connectivity index (χ3n) is 4.22. The van der Waals surface area contributed by atoms with Gasteiger partial charge in [-0.3, -0.25) is 14.9 Å². The van der Waals surface area contributed by atoms with E-state index in [1.807, 2.05) is 30.3 Å². The van der Waals surface area contributed by atoms with Gasteiger partial charge >= 0.3 is 11.9 Å². The fourth-order valence-electron chi connectivity index (χ4n) is 3.01. The van der Waals surface area contributed by atoms with E-state index in [1.165, 1.54) is 28.8 Å². The van der Waals surface area contributed by atoms with Crippen LogP contribution in [0.4, 0.5) is 5.69 Å². The van der Waals surface area contributed by atoms with Crippen LogP contribution in [0.25, 0.3) is 10.9 Å². The van der Waals surface area contributed by atoms with Gasteiger partial charge in [0.2, 0.25) is 0 Å². The summed E-state index contributed by atoms with van der Waals surface area (Å²) >= 11 is 0. The molecular weight excluding hydrogens is 388 g/mol. The van der Waals surface area contributed by atoms with Crippen LogP contribution in [0.15, 0.2) is 54.6 Å². The number of esters is 2. The van der Waals surface area contributed by atoms with Crippen molar-refractivity contribution in [3.8, 4) is 0 Å². The van der Waals surface area contributed by atoms with Crippen molar-refractivity contribution in [1.82, 2.24) is 4.57 Å². The molecule has 0 atom stereocenters. The van der Waals surface area contributed by atoms with Crippen LogP contribution in [-0.2, 0) is 27.4 Å². The molecule has 30 heavy (non-hydrogen) atoms. The smallest absolute Gasteiger partial charge is 0.355 e. The maximum Gasteiger partial charge on any atom is 0.355 e. The second kappa shape index (κ2) is 8.36.